The number of rotatable bonds is 7. The number of nitrogens with zero attached hydrogens (tertiary/aromatic N) is 1. The molecule has 6 heteroatoms. The van der Waals surface area contributed by atoms with Crippen LogP contribution in [-0.4, -0.2) is 49.5 Å². The van der Waals surface area contributed by atoms with Crippen LogP contribution in [0.3, 0.4) is 0 Å². The molecule has 1 fully saturated rings. The van der Waals surface area contributed by atoms with E-state index in [0.29, 0.717) is 6.54 Å². The Hall–Kier alpha value is -0.620. The summed E-state index contributed by atoms with van der Waals surface area (Å²) in [6, 6.07) is -0.135. The second kappa shape index (κ2) is 6.52. The van der Waals surface area contributed by atoms with Crippen LogP contribution >= 0.6 is 0 Å². The van der Waals surface area contributed by atoms with Crippen molar-refractivity contribution in [1.29, 1.82) is 0 Å². The molecule has 0 radical (unpaired) electrons. The molecule has 0 spiro atoms. The molecule has 2 atom stereocenters. The molecular weight excluding hydrogens is 252 g/mol. The van der Waals surface area contributed by atoms with Gasteiger partial charge in [0.1, 0.15) is 0 Å². The van der Waals surface area contributed by atoms with Gasteiger partial charge in [-0.3, -0.25) is 10.1 Å². The predicted octanol–water partition coefficient (Wildman–Crippen LogP) is 0.758. The lowest BCUT2D eigenvalue weighted by Gasteiger charge is -2.20. The van der Waals surface area contributed by atoms with Crippen molar-refractivity contribution in [2.24, 2.45) is 0 Å². The Bertz CT molecular complexity index is 381. The van der Waals surface area contributed by atoms with Crippen molar-refractivity contribution >= 4 is 15.7 Å². The molecule has 1 heterocycles. The topological polar surface area (TPSA) is 66.5 Å². The lowest BCUT2D eigenvalue weighted by atomic mass is 10.1. The lowest BCUT2D eigenvalue weighted by molar-refractivity contribution is -0.129. The summed E-state index contributed by atoms with van der Waals surface area (Å²) in [6.07, 6.45) is 2.84. The summed E-state index contributed by atoms with van der Waals surface area (Å²) in [5.41, 5.74) is 0. The zero-order valence-corrected chi connectivity index (χ0v) is 12.3. The molecule has 0 aliphatic carbocycles. The molecule has 0 saturated carbocycles. The minimum atomic E-state index is -3.01. The van der Waals surface area contributed by atoms with E-state index in [4.69, 9.17) is 0 Å². The predicted molar refractivity (Wildman–Crippen MR) is 72.0 cm³/mol. The van der Waals surface area contributed by atoms with Crippen molar-refractivity contribution in [2.45, 2.75) is 52.2 Å². The molecule has 1 N–H and O–H groups in total. The zero-order valence-electron chi connectivity index (χ0n) is 11.5. The van der Waals surface area contributed by atoms with Crippen LogP contribution in [0.1, 0.15) is 40.0 Å². The van der Waals surface area contributed by atoms with E-state index in [1.165, 1.54) is 0 Å². The van der Waals surface area contributed by atoms with Gasteiger partial charge in [0.15, 0.2) is 9.84 Å². The van der Waals surface area contributed by atoms with Crippen molar-refractivity contribution in [3.63, 3.8) is 0 Å². The first-order valence-electron chi connectivity index (χ1n) is 6.68. The van der Waals surface area contributed by atoms with E-state index in [9.17, 15) is 13.2 Å². The smallest absolute Gasteiger partial charge is 0.241 e. The van der Waals surface area contributed by atoms with Gasteiger partial charge < -0.3 is 4.90 Å². The number of carbonyl (C=O) groups excluding carboxylic acids is 1. The molecule has 1 amide bonds. The summed E-state index contributed by atoms with van der Waals surface area (Å²) in [5, 5.41) is 3.22. The molecule has 1 aliphatic rings. The Morgan fingerprint density at radius 3 is 2.56 bits per heavy atom. The molecule has 5 nitrogen and oxygen atoms in total. The highest BCUT2D eigenvalue weighted by Gasteiger charge is 2.35. The van der Waals surface area contributed by atoms with Crippen molar-refractivity contribution in [3.05, 3.63) is 0 Å². The highest BCUT2D eigenvalue weighted by molar-refractivity contribution is 7.91. The average molecular weight is 276 g/mol. The summed E-state index contributed by atoms with van der Waals surface area (Å²) < 4.78 is 22.9. The average Bonchev–Trinajstić information content (AvgIpc) is 2.60. The second-order valence-electron chi connectivity index (χ2n) is 4.81. The second-order valence-corrected chi connectivity index (χ2v) is 7.28. The monoisotopic (exact) mass is 276 g/mol. The van der Waals surface area contributed by atoms with E-state index in [-0.39, 0.29) is 29.6 Å². The number of hydrogen-bond donors (Lipinski definition) is 1. The van der Waals surface area contributed by atoms with Crippen LogP contribution in [0.5, 0.6) is 0 Å². The number of unbranched alkanes of at least 4 members (excludes halogenated alkanes) is 1. The van der Waals surface area contributed by atoms with Gasteiger partial charge in [-0.15, -0.1) is 0 Å². The molecule has 1 rings (SSSR count). The normalized spacial score (nSPS) is 24.8. The van der Waals surface area contributed by atoms with Crippen LogP contribution < -0.4 is 5.32 Å². The van der Waals surface area contributed by atoms with Gasteiger partial charge in [0, 0.05) is 12.3 Å². The maximum atomic E-state index is 12.1. The largest absolute Gasteiger partial charge is 0.325 e. The van der Waals surface area contributed by atoms with Crippen LogP contribution in [0.4, 0.5) is 0 Å². The molecule has 1 aliphatic heterocycles. The summed E-state index contributed by atoms with van der Waals surface area (Å²) in [7, 11) is -3.01. The van der Waals surface area contributed by atoms with Gasteiger partial charge in [-0.25, -0.2) is 8.42 Å². The molecule has 1 saturated heterocycles. The van der Waals surface area contributed by atoms with Gasteiger partial charge in [0.05, 0.1) is 18.0 Å². The number of hydrogen-bond acceptors (Lipinski definition) is 4. The quantitative estimate of drug-likeness (QED) is 0.745. The van der Waals surface area contributed by atoms with Gasteiger partial charge in [-0.05, 0) is 13.3 Å². The third-order valence-corrected chi connectivity index (χ3v) is 5.10. The van der Waals surface area contributed by atoms with Crippen LogP contribution in [0.25, 0.3) is 0 Å². The Morgan fingerprint density at radius 1 is 1.33 bits per heavy atom. The summed E-state index contributed by atoms with van der Waals surface area (Å²) >= 11 is 0. The maximum Gasteiger partial charge on any atom is 0.241 e. The van der Waals surface area contributed by atoms with Gasteiger partial charge in [0.25, 0.3) is 0 Å². The van der Waals surface area contributed by atoms with Crippen molar-refractivity contribution in [3.8, 4) is 0 Å². The lowest BCUT2D eigenvalue weighted by Crippen LogP contribution is -2.38. The molecule has 18 heavy (non-hydrogen) atoms. The molecule has 2 unspecified atom stereocenters. The van der Waals surface area contributed by atoms with Gasteiger partial charge in [-0.2, -0.15) is 0 Å². The molecule has 0 aromatic heterocycles. The summed E-state index contributed by atoms with van der Waals surface area (Å²) in [5.74, 6) is 0.236. The summed E-state index contributed by atoms with van der Waals surface area (Å²) in [4.78, 5) is 13.7. The summed E-state index contributed by atoms with van der Waals surface area (Å²) in [6.45, 7) is 5.93. The van der Waals surface area contributed by atoms with Gasteiger partial charge in [-0.1, -0.05) is 26.7 Å². The Balaban J connectivity index is 2.54. The highest BCUT2D eigenvalue weighted by atomic mass is 32.2. The minimum absolute atomic E-state index is 0.0438. The molecule has 0 aromatic rings. The first-order valence-corrected chi connectivity index (χ1v) is 8.50. The molecule has 0 aromatic carbocycles. The van der Waals surface area contributed by atoms with Crippen LogP contribution in [0.15, 0.2) is 0 Å². The fourth-order valence-corrected chi connectivity index (χ4v) is 2.91. The number of carbonyl (C=O) groups is 1. The fourth-order valence-electron chi connectivity index (χ4n) is 2.14. The number of sulfone groups is 1. The number of amides is 1. The first kappa shape index (κ1) is 15.4. The van der Waals surface area contributed by atoms with E-state index in [1.54, 1.807) is 11.8 Å². The molecule has 106 valence electrons. The SMILES string of the molecule is CCCCC1NC(C)N(CCS(=O)(=O)CC)C1=O. The number of nitrogens with one attached hydrogen (secondary N) is 1. The third-order valence-electron chi connectivity index (χ3n) is 3.42. The van der Waals surface area contributed by atoms with Crippen molar-refractivity contribution in [2.75, 3.05) is 18.1 Å². The zero-order chi connectivity index (χ0) is 13.8. The van der Waals surface area contributed by atoms with Crippen LogP contribution in [0, 0.1) is 0 Å². The third kappa shape index (κ3) is 3.95. The van der Waals surface area contributed by atoms with Crippen molar-refractivity contribution < 1.29 is 13.2 Å². The van der Waals surface area contributed by atoms with E-state index >= 15 is 0 Å². The fraction of sp³-hybridized carbons (Fsp3) is 0.917. The Kier molecular flexibility index (Phi) is 5.59. The highest BCUT2D eigenvalue weighted by Crippen LogP contribution is 2.15. The van der Waals surface area contributed by atoms with Crippen molar-refractivity contribution in [1.82, 2.24) is 10.2 Å². The van der Waals surface area contributed by atoms with E-state index < -0.39 is 9.84 Å². The molecule has 0 bridgehead atoms. The van der Waals surface area contributed by atoms with E-state index in [2.05, 4.69) is 12.2 Å². The van der Waals surface area contributed by atoms with E-state index in [1.807, 2.05) is 6.92 Å². The minimum Gasteiger partial charge on any atom is -0.325 e. The van der Waals surface area contributed by atoms with Gasteiger partial charge >= 0.3 is 0 Å². The van der Waals surface area contributed by atoms with E-state index in [0.717, 1.165) is 19.3 Å². The Labute approximate surface area is 110 Å². The first-order chi connectivity index (χ1) is 8.41. The van der Waals surface area contributed by atoms with Crippen LogP contribution in [-0.2, 0) is 14.6 Å². The Morgan fingerprint density at radius 2 is 2.00 bits per heavy atom. The van der Waals surface area contributed by atoms with Crippen LogP contribution in [0.2, 0.25) is 0 Å². The standard InChI is InChI=1S/C12H24N2O3S/c1-4-6-7-11-12(15)14(10(3)13-11)8-9-18(16,17)5-2/h10-11,13H,4-9H2,1-3H3. The molecular formula is C12H24N2O3S. The maximum absolute atomic E-state index is 12.1. The van der Waals surface area contributed by atoms with Gasteiger partial charge in [0.2, 0.25) is 5.91 Å².